The average Bonchev–Trinajstić information content (AvgIpc) is 2.90. The highest BCUT2D eigenvalue weighted by atomic mass is 32.1. The summed E-state index contributed by atoms with van der Waals surface area (Å²) in [6, 6.07) is 7.81. The molecule has 0 aromatic carbocycles. The molecule has 3 atom stereocenters. The summed E-state index contributed by atoms with van der Waals surface area (Å²) in [4.78, 5) is 3.88. The Morgan fingerprint density at radius 1 is 1.50 bits per heavy atom. The summed E-state index contributed by atoms with van der Waals surface area (Å²) in [5.41, 5.74) is 0. The predicted octanol–water partition coefficient (Wildman–Crippen LogP) is 3.69. The molecule has 0 N–H and O–H groups in total. The highest BCUT2D eigenvalue weighted by Gasteiger charge is 2.30. The van der Waals surface area contributed by atoms with E-state index in [1.807, 2.05) is 11.3 Å². The van der Waals surface area contributed by atoms with E-state index in [1.54, 1.807) is 0 Å². The normalized spacial score (nSPS) is 25.9. The number of hydrogen-bond acceptors (Lipinski definition) is 3. The van der Waals surface area contributed by atoms with Gasteiger partial charge in [0, 0.05) is 17.0 Å². The fourth-order valence-corrected chi connectivity index (χ4v) is 3.77. The zero-order chi connectivity index (χ0) is 13.0. The van der Waals surface area contributed by atoms with E-state index in [-0.39, 0.29) is 5.92 Å². The minimum absolute atomic E-state index is 0.231. The molecule has 0 amide bonds. The van der Waals surface area contributed by atoms with E-state index < -0.39 is 0 Å². The highest BCUT2D eigenvalue weighted by molar-refractivity contribution is 7.09. The molecule has 0 bridgehead atoms. The molecule has 3 heteroatoms. The van der Waals surface area contributed by atoms with Gasteiger partial charge in [-0.3, -0.25) is 4.90 Å². The largest absolute Gasteiger partial charge is 0.299 e. The second kappa shape index (κ2) is 6.36. The number of hydrogen-bond donors (Lipinski definition) is 0. The molecular formula is C15H22N2S. The van der Waals surface area contributed by atoms with Crippen molar-refractivity contribution in [2.24, 2.45) is 5.92 Å². The monoisotopic (exact) mass is 262 g/mol. The quantitative estimate of drug-likeness (QED) is 0.827. The first-order valence-corrected chi connectivity index (χ1v) is 7.74. The Bertz CT molecular complexity index is 393. The van der Waals surface area contributed by atoms with Crippen LogP contribution in [0, 0.1) is 17.2 Å². The van der Waals surface area contributed by atoms with Crippen molar-refractivity contribution in [3.05, 3.63) is 22.4 Å². The first kappa shape index (κ1) is 13.6. The zero-order valence-corrected chi connectivity index (χ0v) is 12.1. The first-order chi connectivity index (χ1) is 8.72. The molecule has 3 unspecified atom stereocenters. The van der Waals surface area contributed by atoms with Gasteiger partial charge in [0.15, 0.2) is 0 Å². The summed E-state index contributed by atoms with van der Waals surface area (Å²) in [7, 11) is 2.19. The third-order valence-electron chi connectivity index (χ3n) is 4.19. The minimum atomic E-state index is 0.231. The summed E-state index contributed by atoms with van der Waals surface area (Å²) in [6.45, 7) is 2.28. The number of rotatable bonds is 4. The van der Waals surface area contributed by atoms with Crippen molar-refractivity contribution in [1.82, 2.24) is 4.90 Å². The van der Waals surface area contributed by atoms with Crippen molar-refractivity contribution in [2.75, 3.05) is 7.05 Å². The van der Waals surface area contributed by atoms with Gasteiger partial charge >= 0.3 is 0 Å². The second-order valence-electron chi connectivity index (χ2n) is 5.39. The van der Waals surface area contributed by atoms with Gasteiger partial charge < -0.3 is 0 Å². The zero-order valence-electron chi connectivity index (χ0n) is 11.3. The SMILES string of the molecule is CC(Cc1cccs1)N(C)C1CCCCC1C#N. The van der Waals surface area contributed by atoms with Crippen LogP contribution < -0.4 is 0 Å². The fraction of sp³-hybridized carbons (Fsp3) is 0.667. The number of nitrogens with zero attached hydrogens (tertiary/aromatic N) is 2. The molecule has 1 fully saturated rings. The first-order valence-electron chi connectivity index (χ1n) is 6.86. The van der Waals surface area contributed by atoms with Crippen LogP contribution in [0.25, 0.3) is 0 Å². The summed E-state index contributed by atoms with van der Waals surface area (Å²) in [5.74, 6) is 0.231. The van der Waals surface area contributed by atoms with Crippen molar-refractivity contribution < 1.29 is 0 Å². The van der Waals surface area contributed by atoms with Gasteiger partial charge in [0.25, 0.3) is 0 Å². The molecule has 0 saturated heterocycles. The molecule has 0 radical (unpaired) electrons. The molecule has 1 saturated carbocycles. The Hall–Kier alpha value is -0.850. The van der Waals surface area contributed by atoms with Crippen LogP contribution in [-0.4, -0.2) is 24.0 Å². The van der Waals surface area contributed by atoms with Gasteiger partial charge in [-0.25, -0.2) is 0 Å². The number of nitriles is 1. The van der Waals surface area contributed by atoms with Crippen molar-refractivity contribution in [2.45, 2.75) is 51.1 Å². The molecule has 1 aliphatic rings. The molecule has 1 aliphatic carbocycles. The Labute approximate surface area is 114 Å². The molecule has 0 aliphatic heterocycles. The molecule has 1 aromatic heterocycles. The van der Waals surface area contributed by atoms with Crippen molar-refractivity contribution in [1.29, 1.82) is 5.26 Å². The summed E-state index contributed by atoms with van der Waals surface area (Å²) in [6.07, 6.45) is 5.87. The van der Waals surface area contributed by atoms with E-state index in [0.717, 1.165) is 12.8 Å². The highest BCUT2D eigenvalue weighted by Crippen LogP contribution is 2.29. The van der Waals surface area contributed by atoms with E-state index in [2.05, 4.69) is 42.5 Å². The Morgan fingerprint density at radius 2 is 2.28 bits per heavy atom. The van der Waals surface area contributed by atoms with Crippen LogP contribution in [0.1, 0.15) is 37.5 Å². The van der Waals surface area contributed by atoms with Crippen LogP contribution >= 0.6 is 11.3 Å². The molecule has 1 aromatic rings. The summed E-state index contributed by atoms with van der Waals surface area (Å²) < 4.78 is 0. The van der Waals surface area contributed by atoms with Crippen LogP contribution in [0.2, 0.25) is 0 Å². The lowest BCUT2D eigenvalue weighted by Gasteiger charge is -2.38. The van der Waals surface area contributed by atoms with Gasteiger partial charge in [0.05, 0.1) is 12.0 Å². The maximum Gasteiger partial charge on any atom is 0.0672 e. The molecule has 98 valence electrons. The van der Waals surface area contributed by atoms with E-state index in [9.17, 15) is 5.26 Å². The van der Waals surface area contributed by atoms with Gasteiger partial charge in [-0.15, -0.1) is 11.3 Å². The Kier molecular flexibility index (Phi) is 4.79. The molecule has 2 nitrogen and oxygen atoms in total. The lowest BCUT2D eigenvalue weighted by Crippen LogP contribution is -2.45. The maximum absolute atomic E-state index is 9.27. The Morgan fingerprint density at radius 3 is 2.94 bits per heavy atom. The van der Waals surface area contributed by atoms with Crippen LogP contribution in [0.3, 0.4) is 0 Å². The van der Waals surface area contributed by atoms with Crippen LogP contribution in [0.4, 0.5) is 0 Å². The van der Waals surface area contributed by atoms with Gasteiger partial charge in [-0.1, -0.05) is 18.9 Å². The third-order valence-corrected chi connectivity index (χ3v) is 5.09. The molecular weight excluding hydrogens is 240 g/mol. The van der Waals surface area contributed by atoms with E-state index in [0.29, 0.717) is 12.1 Å². The average molecular weight is 262 g/mol. The molecule has 18 heavy (non-hydrogen) atoms. The topological polar surface area (TPSA) is 27.0 Å². The summed E-state index contributed by atoms with van der Waals surface area (Å²) >= 11 is 1.83. The smallest absolute Gasteiger partial charge is 0.0672 e. The summed E-state index contributed by atoms with van der Waals surface area (Å²) in [5, 5.41) is 11.4. The lowest BCUT2D eigenvalue weighted by molar-refractivity contribution is 0.118. The van der Waals surface area contributed by atoms with E-state index >= 15 is 0 Å². The number of likely N-dealkylation sites (N-methyl/N-ethyl adjacent to an activating group) is 1. The van der Waals surface area contributed by atoms with Crippen molar-refractivity contribution in [3.8, 4) is 6.07 Å². The molecule has 2 rings (SSSR count). The molecule has 1 heterocycles. The predicted molar refractivity (Wildman–Crippen MR) is 76.6 cm³/mol. The van der Waals surface area contributed by atoms with Crippen LogP contribution in [0.5, 0.6) is 0 Å². The van der Waals surface area contributed by atoms with Gasteiger partial charge in [0.2, 0.25) is 0 Å². The van der Waals surface area contributed by atoms with Crippen LogP contribution in [-0.2, 0) is 6.42 Å². The van der Waals surface area contributed by atoms with Gasteiger partial charge in [0.1, 0.15) is 0 Å². The van der Waals surface area contributed by atoms with Crippen LogP contribution in [0.15, 0.2) is 17.5 Å². The fourth-order valence-electron chi connectivity index (χ4n) is 2.94. The standard InChI is InChI=1S/C15H22N2S/c1-12(10-14-7-5-9-18-14)17(2)15-8-4-3-6-13(15)11-16/h5,7,9,12-13,15H,3-4,6,8,10H2,1-2H3. The van der Waals surface area contributed by atoms with Crippen molar-refractivity contribution >= 4 is 11.3 Å². The van der Waals surface area contributed by atoms with E-state index in [1.165, 1.54) is 24.1 Å². The minimum Gasteiger partial charge on any atom is -0.299 e. The van der Waals surface area contributed by atoms with Gasteiger partial charge in [-0.05, 0) is 44.7 Å². The van der Waals surface area contributed by atoms with E-state index in [4.69, 9.17) is 0 Å². The maximum atomic E-state index is 9.27. The third kappa shape index (κ3) is 3.13. The lowest BCUT2D eigenvalue weighted by atomic mass is 9.84. The van der Waals surface area contributed by atoms with Gasteiger partial charge in [-0.2, -0.15) is 5.26 Å². The second-order valence-corrected chi connectivity index (χ2v) is 6.42. The molecule has 0 spiro atoms. The van der Waals surface area contributed by atoms with Crippen molar-refractivity contribution in [3.63, 3.8) is 0 Å². The Balaban J connectivity index is 1.96. The number of thiophene rings is 1.